The summed E-state index contributed by atoms with van der Waals surface area (Å²) in [5, 5.41) is 22.0. The van der Waals surface area contributed by atoms with Crippen LogP contribution >= 0.6 is 0 Å². The van der Waals surface area contributed by atoms with Crippen molar-refractivity contribution in [3.8, 4) is 5.88 Å². The van der Waals surface area contributed by atoms with E-state index in [-0.39, 0.29) is 11.6 Å². The van der Waals surface area contributed by atoms with E-state index in [1.54, 1.807) is 17.7 Å². The zero-order valence-corrected chi connectivity index (χ0v) is 11.6. The van der Waals surface area contributed by atoms with E-state index in [4.69, 9.17) is 4.74 Å². The topological polar surface area (TPSA) is 89.9 Å². The highest BCUT2D eigenvalue weighted by Gasteiger charge is 2.22. The minimum Gasteiger partial charge on any atom is -0.494 e. The molecule has 0 saturated heterocycles. The number of aromatic nitrogens is 1. The first-order valence-electron chi connectivity index (χ1n) is 6.67. The van der Waals surface area contributed by atoms with Crippen LogP contribution in [0.4, 0.5) is 5.69 Å². The fourth-order valence-corrected chi connectivity index (χ4v) is 2.62. The van der Waals surface area contributed by atoms with Crippen molar-refractivity contribution in [3.05, 3.63) is 33.9 Å². The normalized spacial score (nSPS) is 15.8. The highest BCUT2D eigenvalue weighted by Crippen LogP contribution is 2.34. The summed E-state index contributed by atoms with van der Waals surface area (Å²) in [6.07, 6.45) is 0.579. The van der Waals surface area contributed by atoms with Crippen molar-refractivity contribution >= 4 is 22.3 Å². The van der Waals surface area contributed by atoms with Gasteiger partial charge in [0.15, 0.2) is 0 Å². The molecule has 2 heterocycles. The molecule has 0 amide bonds. The van der Waals surface area contributed by atoms with E-state index < -0.39 is 4.92 Å². The summed E-state index contributed by atoms with van der Waals surface area (Å²) in [6, 6.07) is 4.56. The van der Waals surface area contributed by atoms with E-state index >= 15 is 0 Å². The van der Waals surface area contributed by atoms with Gasteiger partial charge in [-0.3, -0.25) is 15.1 Å². The molecule has 1 aliphatic rings. The van der Waals surface area contributed by atoms with Gasteiger partial charge in [-0.05, 0) is 6.07 Å². The molecule has 1 aliphatic heterocycles. The zero-order valence-electron chi connectivity index (χ0n) is 11.6. The van der Waals surface area contributed by atoms with E-state index in [9.17, 15) is 15.2 Å². The summed E-state index contributed by atoms with van der Waals surface area (Å²) in [7, 11) is 1.72. The minimum absolute atomic E-state index is 0.000165. The zero-order chi connectivity index (χ0) is 15.0. The lowest BCUT2D eigenvalue weighted by atomic mass is 10.1. The standard InChI is InChI=1S/C14H15N3O4/c1-16-12-3-2-9(17(19)20)8-10(12)13(14(16)18)11-4-6-21-7-5-15-11/h2-3,8,18H,4-7H2,1H3. The third kappa shape index (κ3) is 2.25. The Bertz CT molecular complexity index is 748. The quantitative estimate of drug-likeness (QED) is 0.676. The summed E-state index contributed by atoms with van der Waals surface area (Å²) in [4.78, 5) is 15.0. The highest BCUT2D eigenvalue weighted by atomic mass is 16.6. The number of aromatic hydroxyl groups is 1. The average molecular weight is 289 g/mol. The smallest absolute Gasteiger partial charge is 0.270 e. The molecular weight excluding hydrogens is 274 g/mol. The second kappa shape index (κ2) is 5.17. The number of nitro benzene ring substituents is 1. The Morgan fingerprint density at radius 2 is 2.24 bits per heavy atom. The van der Waals surface area contributed by atoms with Gasteiger partial charge in [0.25, 0.3) is 5.69 Å². The molecule has 0 atom stereocenters. The van der Waals surface area contributed by atoms with Crippen molar-refractivity contribution < 1.29 is 14.8 Å². The maximum absolute atomic E-state index is 11.0. The van der Waals surface area contributed by atoms with Crippen molar-refractivity contribution in [2.75, 3.05) is 19.8 Å². The van der Waals surface area contributed by atoms with Gasteiger partial charge >= 0.3 is 0 Å². The predicted octanol–water partition coefficient (Wildman–Crippen LogP) is 2.00. The van der Waals surface area contributed by atoms with Crippen LogP contribution in [0.5, 0.6) is 5.88 Å². The van der Waals surface area contributed by atoms with Crippen LogP contribution in [0.1, 0.15) is 12.0 Å². The molecule has 1 aromatic heterocycles. The van der Waals surface area contributed by atoms with Crippen LogP contribution in [0.15, 0.2) is 23.2 Å². The van der Waals surface area contributed by atoms with E-state index in [1.807, 2.05) is 0 Å². The SMILES string of the molecule is Cn1c(O)c(C2=NCCOCC2)c2cc([N+](=O)[O-])ccc21. The third-order valence-corrected chi connectivity index (χ3v) is 3.67. The molecule has 0 fully saturated rings. The van der Waals surface area contributed by atoms with Crippen molar-refractivity contribution in [2.45, 2.75) is 6.42 Å². The Morgan fingerprint density at radius 1 is 1.43 bits per heavy atom. The number of hydrogen-bond acceptors (Lipinski definition) is 5. The van der Waals surface area contributed by atoms with Gasteiger partial charge in [-0.1, -0.05) is 0 Å². The van der Waals surface area contributed by atoms with Crippen LogP contribution in [0.3, 0.4) is 0 Å². The summed E-state index contributed by atoms with van der Waals surface area (Å²) < 4.78 is 6.97. The number of benzene rings is 1. The largest absolute Gasteiger partial charge is 0.494 e. The fourth-order valence-electron chi connectivity index (χ4n) is 2.62. The number of hydrogen-bond donors (Lipinski definition) is 1. The van der Waals surface area contributed by atoms with E-state index in [0.29, 0.717) is 37.1 Å². The van der Waals surface area contributed by atoms with Crippen molar-refractivity contribution in [1.82, 2.24) is 4.57 Å². The van der Waals surface area contributed by atoms with Gasteiger partial charge in [0.05, 0.1) is 41.5 Å². The predicted molar refractivity (Wildman–Crippen MR) is 78.1 cm³/mol. The molecular formula is C14H15N3O4. The molecule has 0 unspecified atom stereocenters. The van der Waals surface area contributed by atoms with Crippen LogP contribution < -0.4 is 0 Å². The first-order valence-corrected chi connectivity index (χ1v) is 6.67. The molecule has 21 heavy (non-hydrogen) atoms. The molecule has 0 spiro atoms. The molecule has 7 nitrogen and oxygen atoms in total. The molecule has 1 aromatic carbocycles. The Kier molecular flexibility index (Phi) is 3.34. The third-order valence-electron chi connectivity index (χ3n) is 3.67. The van der Waals surface area contributed by atoms with E-state index in [0.717, 1.165) is 11.2 Å². The van der Waals surface area contributed by atoms with Gasteiger partial charge in [-0.2, -0.15) is 0 Å². The molecule has 3 rings (SSSR count). The minimum atomic E-state index is -0.439. The number of ether oxygens (including phenoxy) is 1. The number of fused-ring (bicyclic) bond motifs is 1. The van der Waals surface area contributed by atoms with Crippen LogP contribution in [-0.2, 0) is 11.8 Å². The summed E-state index contributed by atoms with van der Waals surface area (Å²) >= 11 is 0. The maximum atomic E-state index is 11.0. The van der Waals surface area contributed by atoms with Crippen molar-refractivity contribution in [2.24, 2.45) is 12.0 Å². The molecule has 0 saturated carbocycles. The average Bonchev–Trinajstić information content (AvgIpc) is 2.67. The van der Waals surface area contributed by atoms with Gasteiger partial charge in [0.1, 0.15) is 0 Å². The number of nitro groups is 1. The molecule has 110 valence electrons. The first-order chi connectivity index (χ1) is 10.1. The van der Waals surface area contributed by atoms with Gasteiger partial charge in [0.2, 0.25) is 5.88 Å². The molecule has 0 bridgehead atoms. The van der Waals surface area contributed by atoms with Gasteiger partial charge in [-0.15, -0.1) is 0 Å². The lowest BCUT2D eigenvalue weighted by Gasteiger charge is -2.03. The second-order valence-corrected chi connectivity index (χ2v) is 4.91. The number of non-ortho nitro benzene ring substituents is 1. The Labute approximate surface area is 120 Å². The molecule has 7 heteroatoms. The van der Waals surface area contributed by atoms with Crippen LogP contribution in [0.25, 0.3) is 10.9 Å². The summed E-state index contributed by atoms with van der Waals surface area (Å²) in [6.45, 7) is 1.61. The molecule has 0 radical (unpaired) electrons. The fraction of sp³-hybridized carbons (Fsp3) is 0.357. The van der Waals surface area contributed by atoms with Crippen LogP contribution in [0, 0.1) is 10.1 Å². The van der Waals surface area contributed by atoms with E-state index in [2.05, 4.69) is 4.99 Å². The Hall–Kier alpha value is -2.41. The lowest BCUT2D eigenvalue weighted by Crippen LogP contribution is -2.03. The summed E-state index contributed by atoms with van der Waals surface area (Å²) in [5.41, 5.74) is 2.04. The number of aryl methyl sites for hydroxylation is 1. The molecule has 2 aromatic rings. The van der Waals surface area contributed by atoms with Crippen molar-refractivity contribution in [3.63, 3.8) is 0 Å². The Balaban J connectivity index is 2.24. The second-order valence-electron chi connectivity index (χ2n) is 4.91. The highest BCUT2D eigenvalue weighted by molar-refractivity contribution is 6.13. The van der Waals surface area contributed by atoms with Gasteiger partial charge in [-0.25, -0.2) is 0 Å². The molecule has 1 N–H and O–H groups in total. The number of rotatable bonds is 2. The first kappa shape index (κ1) is 13.6. The molecule has 0 aliphatic carbocycles. The van der Waals surface area contributed by atoms with Crippen molar-refractivity contribution in [1.29, 1.82) is 0 Å². The number of nitrogens with zero attached hydrogens (tertiary/aromatic N) is 3. The van der Waals surface area contributed by atoms with E-state index in [1.165, 1.54) is 12.1 Å². The number of aliphatic imine (C=N–C) groups is 1. The Morgan fingerprint density at radius 3 is 3.00 bits per heavy atom. The monoisotopic (exact) mass is 289 g/mol. The lowest BCUT2D eigenvalue weighted by molar-refractivity contribution is -0.384. The van der Waals surface area contributed by atoms with Crippen LogP contribution in [0.2, 0.25) is 0 Å². The summed E-state index contributed by atoms with van der Waals surface area (Å²) in [5.74, 6) is 0.0751. The maximum Gasteiger partial charge on any atom is 0.270 e. The van der Waals surface area contributed by atoms with Gasteiger partial charge in [0, 0.05) is 31.0 Å². The van der Waals surface area contributed by atoms with Gasteiger partial charge < -0.3 is 14.4 Å². The van der Waals surface area contributed by atoms with Crippen LogP contribution in [-0.4, -0.2) is 40.1 Å².